The summed E-state index contributed by atoms with van der Waals surface area (Å²) < 4.78 is 0. The second-order valence-corrected chi connectivity index (χ2v) is 6.44. The van der Waals surface area contributed by atoms with E-state index in [0.29, 0.717) is 5.54 Å². The highest BCUT2D eigenvalue weighted by atomic mass is 127. The summed E-state index contributed by atoms with van der Waals surface area (Å²) >= 11 is 0. The highest BCUT2D eigenvalue weighted by Crippen LogP contribution is 2.21. The summed E-state index contributed by atoms with van der Waals surface area (Å²) in [7, 11) is 0. The van der Waals surface area contributed by atoms with Gasteiger partial charge in [-0.3, -0.25) is 0 Å². The van der Waals surface area contributed by atoms with Crippen molar-refractivity contribution in [2.24, 2.45) is 11.8 Å². The van der Waals surface area contributed by atoms with Gasteiger partial charge in [0.05, 0.1) is 0 Å². The van der Waals surface area contributed by atoms with Gasteiger partial charge in [-0.1, -0.05) is 47.0 Å². The fourth-order valence-corrected chi connectivity index (χ4v) is 2.38. The Balaban J connectivity index is 0. The van der Waals surface area contributed by atoms with Crippen molar-refractivity contribution in [2.45, 2.75) is 79.2 Å². The van der Waals surface area contributed by atoms with Crippen LogP contribution in [0.15, 0.2) is 0 Å². The minimum atomic E-state index is 0. The van der Waals surface area contributed by atoms with Crippen molar-refractivity contribution in [1.82, 2.24) is 5.32 Å². The fraction of sp³-hybridized carbons (Fsp3) is 1.00. The first-order valence-corrected chi connectivity index (χ1v) is 7.12. The lowest BCUT2D eigenvalue weighted by atomic mass is 9.88. The maximum absolute atomic E-state index is 3.64. The molecule has 0 aliphatic rings. The van der Waals surface area contributed by atoms with Crippen LogP contribution >= 0.6 is 24.0 Å². The summed E-state index contributed by atoms with van der Waals surface area (Å²) in [6, 6.07) is 0. The van der Waals surface area contributed by atoms with Gasteiger partial charge in [-0.2, -0.15) is 0 Å². The van der Waals surface area contributed by atoms with Crippen molar-refractivity contribution >= 4 is 24.0 Å². The van der Waals surface area contributed by atoms with Crippen molar-refractivity contribution in [3.63, 3.8) is 0 Å². The molecule has 1 unspecified atom stereocenters. The van der Waals surface area contributed by atoms with Crippen molar-refractivity contribution in [2.75, 3.05) is 6.54 Å². The van der Waals surface area contributed by atoms with Crippen LogP contribution in [0, 0.1) is 11.8 Å². The molecule has 1 atom stereocenters. The standard InChI is InChI=1S/C15H33N.HI/c1-7-11-16-15(5,6)12-14(4)10-8-9-13(2)3;/h13-14,16H,7-12H2,1-6H3;1H. The van der Waals surface area contributed by atoms with E-state index < -0.39 is 0 Å². The van der Waals surface area contributed by atoms with Gasteiger partial charge >= 0.3 is 0 Å². The highest BCUT2D eigenvalue weighted by Gasteiger charge is 2.19. The molecular formula is C15H34IN. The first-order valence-electron chi connectivity index (χ1n) is 7.12. The molecule has 1 nitrogen and oxygen atoms in total. The molecule has 0 aromatic heterocycles. The second-order valence-electron chi connectivity index (χ2n) is 6.44. The minimum Gasteiger partial charge on any atom is -0.312 e. The third-order valence-electron chi connectivity index (χ3n) is 3.19. The molecule has 0 aromatic rings. The quantitative estimate of drug-likeness (QED) is 0.558. The van der Waals surface area contributed by atoms with Crippen molar-refractivity contribution in [3.05, 3.63) is 0 Å². The van der Waals surface area contributed by atoms with E-state index in [1.165, 1.54) is 32.1 Å². The van der Waals surface area contributed by atoms with Crippen LogP contribution in [0.25, 0.3) is 0 Å². The Bertz CT molecular complexity index is 166. The molecule has 0 saturated heterocycles. The summed E-state index contributed by atoms with van der Waals surface area (Å²) in [5, 5.41) is 3.64. The number of rotatable bonds is 9. The van der Waals surface area contributed by atoms with Crippen LogP contribution in [-0.4, -0.2) is 12.1 Å². The molecular weight excluding hydrogens is 321 g/mol. The lowest BCUT2D eigenvalue weighted by Crippen LogP contribution is -2.41. The summed E-state index contributed by atoms with van der Waals surface area (Å²) in [5.41, 5.74) is 0.313. The number of hydrogen-bond donors (Lipinski definition) is 1. The largest absolute Gasteiger partial charge is 0.312 e. The van der Waals surface area contributed by atoms with E-state index in [4.69, 9.17) is 0 Å². The third-order valence-corrected chi connectivity index (χ3v) is 3.19. The number of hydrogen-bond acceptors (Lipinski definition) is 1. The Kier molecular flexibility index (Phi) is 12.5. The van der Waals surface area contributed by atoms with Crippen molar-refractivity contribution < 1.29 is 0 Å². The smallest absolute Gasteiger partial charge is 0.0127 e. The Morgan fingerprint density at radius 3 is 2.12 bits per heavy atom. The molecule has 1 N–H and O–H groups in total. The van der Waals surface area contributed by atoms with E-state index in [1.807, 2.05) is 0 Å². The predicted octanol–water partition coefficient (Wildman–Crippen LogP) is 5.24. The zero-order chi connectivity index (χ0) is 12.6. The van der Waals surface area contributed by atoms with Gasteiger partial charge in [0, 0.05) is 5.54 Å². The first-order chi connectivity index (χ1) is 7.37. The lowest BCUT2D eigenvalue weighted by Gasteiger charge is -2.29. The molecule has 0 rings (SSSR count). The molecule has 0 fully saturated rings. The van der Waals surface area contributed by atoms with E-state index in [2.05, 4.69) is 46.9 Å². The van der Waals surface area contributed by atoms with E-state index in [9.17, 15) is 0 Å². The zero-order valence-corrected chi connectivity index (χ0v) is 15.1. The Hall–Kier alpha value is 0.690. The Labute approximate surface area is 127 Å². The summed E-state index contributed by atoms with van der Waals surface area (Å²) in [4.78, 5) is 0. The summed E-state index contributed by atoms with van der Waals surface area (Å²) in [6.07, 6.45) is 6.68. The molecule has 0 spiro atoms. The maximum Gasteiger partial charge on any atom is 0.0127 e. The van der Waals surface area contributed by atoms with Gasteiger partial charge in [0.2, 0.25) is 0 Å². The maximum atomic E-state index is 3.64. The monoisotopic (exact) mass is 355 g/mol. The predicted molar refractivity (Wildman–Crippen MR) is 90.3 cm³/mol. The molecule has 0 aliphatic heterocycles. The van der Waals surface area contributed by atoms with E-state index in [-0.39, 0.29) is 24.0 Å². The lowest BCUT2D eigenvalue weighted by molar-refractivity contribution is 0.292. The second kappa shape index (κ2) is 10.6. The van der Waals surface area contributed by atoms with Crippen molar-refractivity contribution in [1.29, 1.82) is 0 Å². The van der Waals surface area contributed by atoms with Gasteiger partial charge in [0.25, 0.3) is 0 Å². The van der Waals surface area contributed by atoms with Crippen LogP contribution in [0.4, 0.5) is 0 Å². The number of halogens is 1. The van der Waals surface area contributed by atoms with E-state index in [0.717, 1.165) is 18.4 Å². The van der Waals surface area contributed by atoms with E-state index in [1.54, 1.807) is 0 Å². The number of nitrogens with one attached hydrogen (secondary N) is 1. The molecule has 0 bridgehead atoms. The minimum absolute atomic E-state index is 0. The van der Waals surface area contributed by atoms with Crippen LogP contribution < -0.4 is 5.32 Å². The molecule has 0 heterocycles. The van der Waals surface area contributed by atoms with Gasteiger partial charge in [-0.15, -0.1) is 24.0 Å². The molecule has 0 aliphatic carbocycles. The average Bonchev–Trinajstić information content (AvgIpc) is 2.13. The SMILES string of the molecule is CCCNC(C)(C)CC(C)CCCC(C)C.I. The van der Waals surface area contributed by atoms with Crippen LogP contribution in [0.1, 0.15) is 73.6 Å². The topological polar surface area (TPSA) is 12.0 Å². The van der Waals surface area contributed by atoms with Gasteiger partial charge < -0.3 is 5.32 Å². The summed E-state index contributed by atoms with van der Waals surface area (Å²) in [6.45, 7) is 15.1. The molecule has 0 aromatic carbocycles. The Morgan fingerprint density at radius 2 is 1.65 bits per heavy atom. The average molecular weight is 355 g/mol. The molecule has 0 saturated carbocycles. The Morgan fingerprint density at radius 1 is 1.06 bits per heavy atom. The van der Waals surface area contributed by atoms with Crippen LogP contribution in [0.5, 0.6) is 0 Å². The van der Waals surface area contributed by atoms with Crippen LogP contribution in [-0.2, 0) is 0 Å². The van der Waals surface area contributed by atoms with Crippen LogP contribution in [0.2, 0.25) is 0 Å². The van der Waals surface area contributed by atoms with E-state index >= 15 is 0 Å². The third kappa shape index (κ3) is 12.9. The first kappa shape index (κ1) is 20.0. The molecule has 17 heavy (non-hydrogen) atoms. The van der Waals surface area contributed by atoms with Gasteiger partial charge in [-0.05, 0) is 45.1 Å². The van der Waals surface area contributed by atoms with Crippen molar-refractivity contribution in [3.8, 4) is 0 Å². The zero-order valence-electron chi connectivity index (χ0n) is 12.8. The normalized spacial score (nSPS) is 13.6. The molecule has 106 valence electrons. The summed E-state index contributed by atoms with van der Waals surface area (Å²) in [5.74, 6) is 1.71. The fourth-order valence-electron chi connectivity index (χ4n) is 2.38. The van der Waals surface area contributed by atoms with Crippen LogP contribution in [0.3, 0.4) is 0 Å². The van der Waals surface area contributed by atoms with Gasteiger partial charge in [-0.25, -0.2) is 0 Å². The molecule has 2 heteroatoms. The molecule has 0 amide bonds. The van der Waals surface area contributed by atoms with Gasteiger partial charge in [0.1, 0.15) is 0 Å². The van der Waals surface area contributed by atoms with Gasteiger partial charge in [0.15, 0.2) is 0 Å². The molecule has 0 radical (unpaired) electrons. The highest BCUT2D eigenvalue weighted by molar-refractivity contribution is 14.0.